The highest BCUT2D eigenvalue weighted by Crippen LogP contribution is 2.21. The van der Waals surface area contributed by atoms with Gasteiger partial charge in [-0.05, 0) is 54.4 Å². The minimum Gasteiger partial charge on any atom is -0.478 e. The van der Waals surface area contributed by atoms with E-state index in [0.717, 1.165) is 32.9 Å². The van der Waals surface area contributed by atoms with Gasteiger partial charge in [-0.15, -0.1) is 0 Å². The molecule has 0 saturated carbocycles. The molecular formula is C34H30Cl2N8O4. The lowest BCUT2D eigenvalue weighted by atomic mass is 10.1. The van der Waals surface area contributed by atoms with Gasteiger partial charge in [0, 0.05) is 23.2 Å². The molecule has 0 amide bonds. The summed E-state index contributed by atoms with van der Waals surface area (Å²) < 4.78 is 7.78. The van der Waals surface area contributed by atoms with Crippen LogP contribution in [-0.2, 0) is 17.8 Å². The van der Waals surface area contributed by atoms with Gasteiger partial charge < -0.3 is 9.84 Å². The average molecular weight is 686 g/mol. The van der Waals surface area contributed by atoms with Crippen LogP contribution in [0.3, 0.4) is 0 Å². The summed E-state index contributed by atoms with van der Waals surface area (Å²) in [5.41, 5.74) is 3.69. The van der Waals surface area contributed by atoms with Crippen molar-refractivity contribution in [3.63, 3.8) is 0 Å². The number of carbonyl (C=O) groups is 2. The van der Waals surface area contributed by atoms with E-state index in [0.29, 0.717) is 23.1 Å². The third-order valence-corrected chi connectivity index (χ3v) is 7.12. The molecule has 244 valence electrons. The van der Waals surface area contributed by atoms with Gasteiger partial charge in [-0.1, -0.05) is 50.2 Å². The van der Waals surface area contributed by atoms with Crippen molar-refractivity contribution in [2.45, 2.75) is 34.9 Å². The predicted molar refractivity (Wildman–Crippen MR) is 182 cm³/mol. The standard InChI is InChI=1S/C17H13ClN4O2.C15H9ClN4O2.2CH4/c1-2-24-17(23)14-9-21-22(16(14)7-19)10-11-3-4-15-12(5-11)6-13(18)8-20-15;16-11-4-10-3-9(1-2-13(10)18-6-11)8-20-14(5-17)12(7-19-20)15(21)22;;/h3-6,8-9H,2,10H2,1H3;1-4,6-7H,8H2,(H,21,22);2*1H4. The van der Waals surface area contributed by atoms with Crippen LogP contribution in [0.5, 0.6) is 0 Å². The number of hydrogen-bond acceptors (Lipinski definition) is 9. The van der Waals surface area contributed by atoms with Gasteiger partial charge in [-0.3, -0.25) is 9.97 Å². The molecular weight excluding hydrogens is 655 g/mol. The van der Waals surface area contributed by atoms with E-state index < -0.39 is 11.9 Å². The number of aromatic nitrogens is 6. The minimum absolute atomic E-state index is 0. The molecule has 48 heavy (non-hydrogen) atoms. The molecule has 6 aromatic rings. The smallest absolute Gasteiger partial charge is 0.342 e. The number of aromatic carboxylic acids is 1. The lowest BCUT2D eigenvalue weighted by molar-refractivity contribution is 0.0525. The zero-order chi connectivity index (χ0) is 32.8. The molecule has 0 unspecified atom stereocenters. The van der Waals surface area contributed by atoms with Gasteiger partial charge in [0.2, 0.25) is 0 Å². The van der Waals surface area contributed by atoms with Crippen molar-refractivity contribution in [1.29, 1.82) is 10.5 Å². The van der Waals surface area contributed by atoms with Crippen molar-refractivity contribution in [2.24, 2.45) is 0 Å². The number of halogens is 2. The number of nitriles is 2. The zero-order valence-electron chi connectivity index (χ0n) is 24.1. The van der Waals surface area contributed by atoms with E-state index in [2.05, 4.69) is 20.2 Å². The van der Waals surface area contributed by atoms with Crippen LogP contribution in [0.25, 0.3) is 21.8 Å². The molecule has 0 aliphatic heterocycles. The van der Waals surface area contributed by atoms with Gasteiger partial charge in [0.25, 0.3) is 0 Å². The summed E-state index contributed by atoms with van der Waals surface area (Å²) >= 11 is 11.9. The number of carboxylic acid groups (broad SMARTS) is 1. The molecule has 0 radical (unpaired) electrons. The molecule has 12 nitrogen and oxygen atoms in total. The number of hydrogen-bond donors (Lipinski definition) is 1. The second-order valence-electron chi connectivity index (χ2n) is 9.74. The Hall–Kier alpha value is -5.82. The fourth-order valence-electron chi connectivity index (χ4n) is 4.61. The van der Waals surface area contributed by atoms with Gasteiger partial charge in [0.1, 0.15) is 23.3 Å². The Morgan fingerprint density at radius 3 is 1.67 bits per heavy atom. The quantitative estimate of drug-likeness (QED) is 0.170. The van der Waals surface area contributed by atoms with E-state index in [4.69, 9.17) is 38.3 Å². The fourth-order valence-corrected chi connectivity index (χ4v) is 4.94. The van der Waals surface area contributed by atoms with E-state index in [-0.39, 0.29) is 44.0 Å². The van der Waals surface area contributed by atoms with Gasteiger partial charge in [-0.2, -0.15) is 20.7 Å². The summed E-state index contributed by atoms with van der Waals surface area (Å²) in [7, 11) is 0. The number of benzene rings is 2. The number of fused-ring (bicyclic) bond motifs is 2. The third kappa shape index (κ3) is 8.12. The van der Waals surface area contributed by atoms with Gasteiger partial charge in [0.05, 0.1) is 53.2 Å². The van der Waals surface area contributed by atoms with E-state index >= 15 is 0 Å². The summed E-state index contributed by atoms with van der Waals surface area (Å²) in [5.74, 6) is -1.72. The minimum atomic E-state index is -1.17. The molecule has 0 bridgehead atoms. The number of esters is 1. The van der Waals surface area contributed by atoms with Crippen LogP contribution < -0.4 is 0 Å². The second-order valence-corrected chi connectivity index (χ2v) is 10.6. The van der Waals surface area contributed by atoms with E-state index in [9.17, 15) is 14.9 Å². The molecule has 6 rings (SSSR count). The lowest BCUT2D eigenvalue weighted by Crippen LogP contribution is -2.09. The molecule has 0 aliphatic carbocycles. The Bertz CT molecular complexity index is 2200. The fraction of sp³-hybridized carbons (Fsp3) is 0.176. The molecule has 14 heteroatoms. The summed E-state index contributed by atoms with van der Waals surface area (Å²) in [4.78, 5) is 31.3. The normalized spacial score (nSPS) is 10.1. The van der Waals surface area contributed by atoms with E-state index in [1.54, 1.807) is 25.4 Å². The predicted octanol–water partition coefficient (Wildman–Crippen LogP) is 7.16. The van der Waals surface area contributed by atoms with Crippen molar-refractivity contribution < 1.29 is 19.4 Å². The molecule has 1 N–H and O–H groups in total. The van der Waals surface area contributed by atoms with E-state index in [1.165, 1.54) is 21.8 Å². The second kappa shape index (κ2) is 16.1. The van der Waals surface area contributed by atoms with Crippen LogP contribution in [-0.4, -0.2) is 53.2 Å². The first-order valence-corrected chi connectivity index (χ1v) is 14.4. The van der Waals surface area contributed by atoms with Crippen molar-refractivity contribution in [2.75, 3.05) is 6.61 Å². The maximum absolute atomic E-state index is 11.9. The molecule has 0 fully saturated rings. The van der Waals surface area contributed by atoms with Crippen LogP contribution in [0, 0.1) is 22.7 Å². The van der Waals surface area contributed by atoms with Crippen LogP contribution in [0.15, 0.2) is 73.3 Å². The Balaban J connectivity index is 0.000000251. The molecule has 0 spiro atoms. The molecule has 2 aromatic carbocycles. The molecule has 4 heterocycles. The topological polar surface area (TPSA) is 173 Å². The molecule has 4 aromatic heterocycles. The summed E-state index contributed by atoms with van der Waals surface area (Å²) in [6.45, 7) is 2.60. The monoisotopic (exact) mass is 684 g/mol. The summed E-state index contributed by atoms with van der Waals surface area (Å²) in [5, 5.41) is 38.5. The van der Waals surface area contributed by atoms with Crippen LogP contribution in [0.4, 0.5) is 0 Å². The molecule has 0 atom stereocenters. The Labute approximate surface area is 286 Å². The van der Waals surface area contributed by atoms with Crippen molar-refractivity contribution in [3.05, 3.63) is 117 Å². The number of ether oxygens (including phenoxy) is 1. The zero-order valence-corrected chi connectivity index (χ0v) is 25.6. The lowest BCUT2D eigenvalue weighted by Gasteiger charge is -2.06. The molecule has 0 aliphatic rings. The summed E-state index contributed by atoms with van der Waals surface area (Å²) in [6, 6.07) is 18.8. The van der Waals surface area contributed by atoms with Gasteiger partial charge in [0.15, 0.2) is 11.4 Å². The maximum Gasteiger partial charge on any atom is 0.342 e. The largest absolute Gasteiger partial charge is 0.478 e. The highest BCUT2D eigenvalue weighted by molar-refractivity contribution is 6.31. The highest BCUT2D eigenvalue weighted by atomic mass is 35.5. The van der Waals surface area contributed by atoms with Crippen LogP contribution in [0.2, 0.25) is 10.0 Å². The number of rotatable bonds is 7. The third-order valence-electron chi connectivity index (χ3n) is 6.71. The SMILES string of the molecule is C.C.CCOC(=O)c1cnn(Cc2ccc3ncc(Cl)cc3c2)c1C#N.N#Cc1c(C(=O)O)cnn1Cc1ccc2ncc(Cl)cc2c1. The van der Waals surface area contributed by atoms with Crippen LogP contribution in [0.1, 0.15) is 65.0 Å². The van der Waals surface area contributed by atoms with Gasteiger partial charge in [-0.25, -0.2) is 19.0 Å². The van der Waals surface area contributed by atoms with Crippen molar-refractivity contribution in [1.82, 2.24) is 29.5 Å². The Morgan fingerprint density at radius 1 is 0.771 bits per heavy atom. The highest BCUT2D eigenvalue weighted by Gasteiger charge is 2.19. The number of nitrogens with zero attached hydrogens (tertiary/aromatic N) is 8. The van der Waals surface area contributed by atoms with Gasteiger partial charge >= 0.3 is 11.9 Å². The maximum atomic E-state index is 11.9. The number of carbonyl (C=O) groups excluding carboxylic acids is 1. The first-order chi connectivity index (χ1) is 22.2. The average Bonchev–Trinajstić information content (AvgIpc) is 3.64. The Kier molecular flexibility index (Phi) is 12.3. The number of carboxylic acids is 1. The first kappa shape index (κ1) is 36.6. The summed E-state index contributed by atoms with van der Waals surface area (Å²) in [6.07, 6.45) is 5.71. The molecule has 0 saturated heterocycles. The van der Waals surface area contributed by atoms with Crippen molar-refractivity contribution >= 4 is 56.9 Å². The van der Waals surface area contributed by atoms with Crippen molar-refractivity contribution in [3.8, 4) is 12.1 Å². The van der Waals surface area contributed by atoms with Crippen LogP contribution >= 0.6 is 23.2 Å². The first-order valence-electron chi connectivity index (χ1n) is 13.6. The number of pyridine rings is 2. The van der Waals surface area contributed by atoms with E-state index in [1.807, 2.05) is 54.6 Å². The Morgan fingerprint density at radius 2 is 1.23 bits per heavy atom.